The second kappa shape index (κ2) is 33.2. The van der Waals surface area contributed by atoms with E-state index in [4.69, 9.17) is 0 Å². The number of nitrogens with one attached hydrogen (secondary N) is 1. The van der Waals surface area contributed by atoms with Crippen molar-refractivity contribution in [2.75, 3.05) is 5.75 Å². The molecule has 2 unspecified atom stereocenters. The van der Waals surface area contributed by atoms with Gasteiger partial charge in [-0.3, -0.25) is 9.35 Å². The number of aliphatic hydroxyl groups excluding tert-OH is 1. The van der Waals surface area contributed by atoms with Crippen LogP contribution in [0.4, 0.5) is 0 Å². The minimum atomic E-state index is -4.36. The van der Waals surface area contributed by atoms with E-state index < -0.39 is 28.0 Å². The summed E-state index contributed by atoms with van der Waals surface area (Å²) >= 11 is 0. The molecule has 0 heterocycles. The molecule has 0 aromatic heterocycles. The summed E-state index contributed by atoms with van der Waals surface area (Å²) in [4.78, 5) is 12.4. The van der Waals surface area contributed by atoms with Gasteiger partial charge in [0.15, 0.2) is 0 Å². The molecule has 0 saturated carbocycles. The topological polar surface area (TPSA) is 104 Å². The quantitative estimate of drug-likeness (QED) is 0.0401. The lowest BCUT2D eigenvalue weighted by molar-refractivity contribution is -0.122. The molecular formula is C40H65NO5S. The zero-order valence-electron chi connectivity index (χ0n) is 29.4. The van der Waals surface area contributed by atoms with E-state index >= 15 is 0 Å². The smallest absolute Gasteiger partial charge is 0.267 e. The Hall–Kier alpha value is -2.74. The Kier molecular flexibility index (Phi) is 31.2. The maximum atomic E-state index is 12.4. The van der Waals surface area contributed by atoms with Crippen molar-refractivity contribution in [1.82, 2.24) is 5.32 Å². The maximum Gasteiger partial charge on any atom is 0.267 e. The molecule has 0 aromatic carbocycles. The predicted octanol–water partition coefficient (Wildman–Crippen LogP) is 10.2. The monoisotopic (exact) mass is 671 g/mol. The highest BCUT2D eigenvalue weighted by atomic mass is 32.2. The normalized spacial score (nSPS) is 14.6. The average molecular weight is 672 g/mol. The third-order valence-electron chi connectivity index (χ3n) is 7.27. The second-order valence-corrected chi connectivity index (χ2v) is 13.3. The maximum absolute atomic E-state index is 12.4. The summed E-state index contributed by atoms with van der Waals surface area (Å²) in [7, 11) is -4.36. The van der Waals surface area contributed by atoms with Gasteiger partial charge in [0.05, 0.1) is 17.9 Å². The number of amides is 1. The van der Waals surface area contributed by atoms with Gasteiger partial charge in [-0.1, -0.05) is 150 Å². The fourth-order valence-corrected chi connectivity index (χ4v) is 5.35. The number of allylic oxidation sites excluding steroid dienone is 15. The van der Waals surface area contributed by atoms with E-state index in [1.807, 2.05) is 12.2 Å². The molecule has 266 valence electrons. The Morgan fingerprint density at radius 1 is 0.596 bits per heavy atom. The van der Waals surface area contributed by atoms with Crippen LogP contribution in [0.1, 0.15) is 129 Å². The highest BCUT2D eigenvalue weighted by Crippen LogP contribution is 2.10. The fraction of sp³-hybridized carbons (Fsp3) is 0.575. The van der Waals surface area contributed by atoms with E-state index in [2.05, 4.69) is 98.2 Å². The van der Waals surface area contributed by atoms with Crippen LogP contribution >= 0.6 is 0 Å². The molecule has 6 nitrogen and oxygen atoms in total. The zero-order chi connectivity index (χ0) is 34.7. The Morgan fingerprint density at radius 2 is 1.02 bits per heavy atom. The molecule has 47 heavy (non-hydrogen) atoms. The van der Waals surface area contributed by atoms with Crippen LogP contribution in [-0.2, 0) is 14.9 Å². The van der Waals surface area contributed by atoms with E-state index in [1.165, 1.54) is 38.2 Å². The van der Waals surface area contributed by atoms with Crippen LogP contribution in [0.2, 0.25) is 0 Å². The summed E-state index contributed by atoms with van der Waals surface area (Å²) in [5.74, 6) is -1.07. The molecule has 0 saturated heterocycles. The molecule has 1 amide bonds. The van der Waals surface area contributed by atoms with Gasteiger partial charge >= 0.3 is 0 Å². The third kappa shape index (κ3) is 34.4. The summed E-state index contributed by atoms with van der Waals surface area (Å²) in [6.07, 6.45) is 49.7. The summed E-state index contributed by atoms with van der Waals surface area (Å²) < 4.78 is 32.2. The van der Waals surface area contributed by atoms with E-state index in [-0.39, 0.29) is 12.3 Å². The summed E-state index contributed by atoms with van der Waals surface area (Å²) in [5.41, 5.74) is 0. The van der Waals surface area contributed by atoms with Crippen molar-refractivity contribution < 1.29 is 22.9 Å². The second-order valence-electron chi connectivity index (χ2n) is 11.8. The van der Waals surface area contributed by atoms with Crippen LogP contribution in [-0.4, -0.2) is 41.9 Å². The number of hydrogen-bond acceptors (Lipinski definition) is 4. The number of carbonyl (C=O) groups is 1. The first-order chi connectivity index (χ1) is 22.8. The van der Waals surface area contributed by atoms with E-state index in [0.717, 1.165) is 70.6 Å². The molecule has 0 rings (SSSR count). The van der Waals surface area contributed by atoms with Crippen LogP contribution in [0.5, 0.6) is 0 Å². The van der Waals surface area contributed by atoms with Crippen LogP contribution < -0.4 is 5.32 Å². The molecule has 0 aliphatic carbocycles. The van der Waals surface area contributed by atoms with Gasteiger partial charge in [-0.05, 0) is 70.6 Å². The van der Waals surface area contributed by atoms with Gasteiger partial charge in [0.2, 0.25) is 5.91 Å². The largest absolute Gasteiger partial charge is 0.387 e. The molecule has 0 aromatic rings. The van der Waals surface area contributed by atoms with Crippen molar-refractivity contribution in [3.05, 3.63) is 97.2 Å². The number of unbranched alkanes of at least 4 members (excludes halogenated alkanes) is 8. The minimum Gasteiger partial charge on any atom is -0.387 e. The molecule has 0 radical (unpaired) electrons. The number of carbonyl (C=O) groups excluding carboxylic acids is 1. The van der Waals surface area contributed by atoms with Crippen LogP contribution in [0.25, 0.3) is 0 Å². The SMILES string of the molecule is CC/C=C\C/C=C\C/C=C\C/C=C\C/C=C\C/C=C\C/C=C\CCCC(=O)NC(CS(=O)(=O)O)C(O)/C=C/CCCCCCCCC. The Balaban J connectivity index is 4.11. The Labute approximate surface area is 288 Å². The fourth-order valence-electron chi connectivity index (χ4n) is 4.61. The highest BCUT2D eigenvalue weighted by molar-refractivity contribution is 7.85. The van der Waals surface area contributed by atoms with Crippen molar-refractivity contribution in [3.63, 3.8) is 0 Å². The van der Waals surface area contributed by atoms with Gasteiger partial charge < -0.3 is 10.4 Å². The van der Waals surface area contributed by atoms with Crippen LogP contribution in [0, 0.1) is 0 Å². The van der Waals surface area contributed by atoms with Gasteiger partial charge in [-0.25, -0.2) is 0 Å². The lowest BCUT2D eigenvalue weighted by Crippen LogP contribution is -2.46. The first-order valence-electron chi connectivity index (χ1n) is 17.9. The number of rotatable bonds is 30. The first kappa shape index (κ1) is 44.3. The van der Waals surface area contributed by atoms with Gasteiger partial charge in [0, 0.05) is 6.42 Å². The highest BCUT2D eigenvalue weighted by Gasteiger charge is 2.24. The Bertz CT molecular complexity index is 1100. The van der Waals surface area contributed by atoms with Gasteiger partial charge in [0.1, 0.15) is 0 Å². The minimum absolute atomic E-state index is 0.209. The van der Waals surface area contributed by atoms with Crippen molar-refractivity contribution in [3.8, 4) is 0 Å². The molecule has 2 atom stereocenters. The summed E-state index contributed by atoms with van der Waals surface area (Å²) in [5, 5.41) is 13.1. The molecule has 0 bridgehead atoms. The van der Waals surface area contributed by atoms with E-state index in [9.17, 15) is 22.9 Å². The average Bonchev–Trinajstić information content (AvgIpc) is 3.03. The lowest BCUT2D eigenvalue weighted by atomic mass is 10.1. The predicted molar refractivity (Wildman–Crippen MR) is 202 cm³/mol. The standard InChI is InChI=1S/C40H65NO5S/c1-3-5-7-9-11-13-14-15-16-17-18-19-20-21-22-23-24-25-26-28-30-32-34-36-40(43)41-38(37-47(44,45)46)39(42)35-33-31-29-27-12-10-8-6-4-2/h5,7,11,13,15-16,18-19,21-22,24-25,28,30,33,35,38-39,42H,3-4,6,8-10,12,14,17,20,23,26-27,29,31-32,34,36-37H2,1-2H3,(H,41,43)(H,44,45,46)/b7-5-,13-11-,16-15-,19-18-,22-21-,25-24-,30-28-,35-33+. The molecule has 0 fully saturated rings. The van der Waals surface area contributed by atoms with E-state index in [1.54, 1.807) is 0 Å². The van der Waals surface area contributed by atoms with Crippen molar-refractivity contribution in [1.29, 1.82) is 0 Å². The molecule has 0 aliphatic rings. The summed E-state index contributed by atoms with van der Waals surface area (Å²) in [6, 6.07) is -1.09. The van der Waals surface area contributed by atoms with Crippen molar-refractivity contribution in [2.45, 2.75) is 142 Å². The first-order valence-corrected chi connectivity index (χ1v) is 19.5. The molecule has 7 heteroatoms. The summed E-state index contributed by atoms with van der Waals surface area (Å²) in [6.45, 7) is 4.34. The van der Waals surface area contributed by atoms with Crippen LogP contribution in [0.15, 0.2) is 97.2 Å². The van der Waals surface area contributed by atoms with Crippen molar-refractivity contribution in [2.24, 2.45) is 0 Å². The van der Waals surface area contributed by atoms with Gasteiger partial charge in [-0.2, -0.15) is 8.42 Å². The zero-order valence-corrected chi connectivity index (χ0v) is 30.2. The third-order valence-corrected chi connectivity index (χ3v) is 8.05. The molecule has 3 N–H and O–H groups in total. The number of aliphatic hydroxyl groups is 1. The lowest BCUT2D eigenvalue weighted by Gasteiger charge is -2.21. The van der Waals surface area contributed by atoms with Crippen molar-refractivity contribution >= 4 is 16.0 Å². The van der Waals surface area contributed by atoms with E-state index in [0.29, 0.717) is 6.42 Å². The molecule has 0 spiro atoms. The number of hydrogen-bond donors (Lipinski definition) is 3. The van der Waals surface area contributed by atoms with Gasteiger partial charge in [0.25, 0.3) is 10.1 Å². The van der Waals surface area contributed by atoms with Gasteiger partial charge in [-0.15, -0.1) is 0 Å². The molecular weight excluding hydrogens is 607 g/mol. The molecule has 0 aliphatic heterocycles. The Morgan fingerprint density at radius 3 is 1.49 bits per heavy atom. The van der Waals surface area contributed by atoms with Crippen LogP contribution in [0.3, 0.4) is 0 Å².